The Morgan fingerprint density at radius 1 is 0.726 bits per heavy atom. The first-order valence-electron chi connectivity index (χ1n) is 21.7. The molecule has 2 aromatic carbocycles. The third-order valence-corrected chi connectivity index (χ3v) is 13.9. The lowest BCUT2D eigenvalue weighted by Crippen LogP contribution is -2.56. The summed E-state index contributed by atoms with van der Waals surface area (Å²) >= 11 is 0. The molecule has 3 aromatic heterocycles. The number of imidazole rings is 2. The molecule has 4 aliphatic rings. The Hall–Kier alpha value is -6.19. The molecule has 0 spiro atoms. The van der Waals surface area contributed by atoms with Crippen LogP contribution in [0.25, 0.3) is 44.7 Å². The number of carbonyl (C=O) groups excluding carboxylic acids is 4. The van der Waals surface area contributed by atoms with Gasteiger partial charge in [0.15, 0.2) is 11.5 Å². The van der Waals surface area contributed by atoms with Crippen molar-refractivity contribution in [3.05, 3.63) is 66.3 Å². The molecule has 4 amide bonds. The van der Waals surface area contributed by atoms with E-state index in [2.05, 4.69) is 44.9 Å². The van der Waals surface area contributed by atoms with Gasteiger partial charge in [-0.05, 0) is 79.4 Å². The van der Waals surface area contributed by atoms with E-state index in [1.54, 1.807) is 6.20 Å². The van der Waals surface area contributed by atoms with Crippen LogP contribution in [-0.2, 0) is 30.1 Å². The molecule has 6 atom stereocenters. The van der Waals surface area contributed by atoms with Crippen molar-refractivity contribution in [3.8, 4) is 33.6 Å². The van der Waals surface area contributed by atoms with E-state index in [0.717, 1.165) is 89.3 Å². The molecule has 326 valence electrons. The minimum atomic E-state index is -0.722. The maximum atomic E-state index is 14.1. The summed E-state index contributed by atoms with van der Waals surface area (Å²) in [6.07, 6.45) is 7.60. The van der Waals surface area contributed by atoms with Crippen molar-refractivity contribution in [2.75, 3.05) is 27.3 Å². The number of carbonyl (C=O) groups is 4. The van der Waals surface area contributed by atoms with Crippen molar-refractivity contribution in [3.63, 3.8) is 0 Å². The van der Waals surface area contributed by atoms with E-state index in [9.17, 15) is 19.2 Å². The Kier molecular flexibility index (Phi) is 10.4. The van der Waals surface area contributed by atoms with Gasteiger partial charge in [-0.1, -0.05) is 58.0 Å². The summed E-state index contributed by atoms with van der Waals surface area (Å²) in [6, 6.07) is 10.9. The number of alkyl carbamates (subject to hydrolysis) is 2. The van der Waals surface area contributed by atoms with Crippen LogP contribution in [0.5, 0.6) is 0 Å². The molecule has 5 aromatic rings. The van der Waals surface area contributed by atoms with Crippen molar-refractivity contribution in [1.82, 2.24) is 45.4 Å². The SMILES string of the molecule is COC(=O)N[C@H](C(=O)N1C[C@H]2CCC1(c1ncc(-c3ccc(-c4ccc(-c5cnc([C@]67CC[C@H](CN6C(=O)[C@@H](NC(=O)OC)C(C)C)C7)[nH]5)c5oc(C)nc45)cc3)[nH]1)C2)C(C)C. The molecule has 4 bridgehead atoms. The molecule has 0 radical (unpaired) electrons. The van der Waals surface area contributed by atoms with Crippen molar-refractivity contribution < 1.29 is 33.1 Å². The van der Waals surface area contributed by atoms with E-state index in [1.807, 2.05) is 62.7 Å². The van der Waals surface area contributed by atoms with Gasteiger partial charge in [-0.25, -0.2) is 24.5 Å². The number of piperidine rings is 2. The number of rotatable bonds is 11. The number of ether oxygens (including phenoxy) is 2. The number of amides is 4. The van der Waals surface area contributed by atoms with Crippen molar-refractivity contribution in [2.24, 2.45) is 23.7 Å². The number of likely N-dealkylation sites (tertiary alicyclic amines) is 2. The summed E-state index contributed by atoms with van der Waals surface area (Å²) < 4.78 is 15.9. The third kappa shape index (κ3) is 6.78. The van der Waals surface area contributed by atoms with Crippen LogP contribution >= 0.6 is 0 Å². The molecule has 4 fully saturated rings. The summed E-state index contributed by atoms with van der Waals surface area (Å²) in [5.74, 6) is 2.25. The second kappa shape index (κ2) is 15.6. The van der Waals surface area contributed by atoms with Crippen LogP contribution in [0, 0.1) is 30.6 Å². The molecular formula is C46H55N9O7. The first-order valence-corrected chi connectivity index (χ1v) is 21.7. The summed E-state index contributed by atoms with van der Waals surface area (Å²) in [5, 5.41) is 5.51. The Morgan fingerprint density at radius 2 is 1.21 bits per heavy atom. The van der Waals surface area contributed by atoms with Gasteiger partial charge in [0.2, 0.25) is 11.8 Å². The first-order chi connectivity index (χ1) is 29.7. The normalized spacial score (nSPS) is 23.7. The number of H-pyrrole nitrogens is 2. The second-order valence-electron chi connectivity index (χ2n) is 18.3. The number of hydrogen-bond acceptors (Lipinski definition) is 10. The Balaban J connectivity index is 0.965. The lowest BCUT2D eigenvalue weighted by atomic mass is 9.93. The van der Waals surface area contributed by atoms with E-state index in [0.29, 0.717) is 36.4 Å². The number of fused-ring (bicyclic) bond motifs is 5. The fraction of sp³-hybridized carbons (Fsp3) is 0.500. The average molecular weight is 846 g/mol. The number of methoxy groups -OCH3 is 2. The molecular weight excluding hydrogens is 791 g/mol. The van der Waals surface area contributed by atoms with Crippen LogP contribution in [0.4, 0.5) is 9.59 Å². The third-order valence-electron chi connectivity index (χ3n) is 13.9. The van der Waals surface area contributed by atoms with E-state index in [4.69, 9.17) is 28.8 Å². The second-order valence-corrected chi connectivity index (χ2v) is 18.3. The highest BCUT2D eigenvalue weighted by Crippen LogP contribution is 2.54. The molecule has 2 saturated carbocycles. The highest BCUT2D eigenvalue weighted by Gasteiger charge is 2.58. The molecule has 2 aliphatic heterocycles. The molecule has 16 heteroatoms. The minimum absolute atomic E-state index is 0.117. The molecule has 2 saturated heterocycles. The number of aryl methyl sites for hydroxylation is 1. The van der Waals surface area contributed by atoms with Gasteiger partial charge in [0, 0.05) is 31.1 Å². The maximum Gasteiger partial charge on any atom is 0.407 e. The average Bonchev–Trinajstić information content (AvgIpc) is 4.13. The van der Waals surface area contributed by atoms with Gasteiger partial charge >= 0.3 is 12.2 Å². The molecule has 4 N–H and O–H groups in total. The van der Waals surface area contributed by atoms with Crippen molar-refractivity contribution in [2.45, 2.75) is 96.3 Å². The van der Waals surface area contributed by atoms with Crippen molar-refractivity contribution in [1.29, 1.82) is 0 Å². The molecule has 1 unspecified atom stereocenters. The number of hydrogen-bond donors (Lipinski definition) is 4. The first kappa shape index (κ1) is 41.2. The van der Waals surface area contributed by atoms with Gasteiger partial charge < -0.3 is 44.3 Å². The topological polar surface area (TPSA) is 201 Å². The van der Waals surface area contributed by atoms with Crippen LogP contribution < -0.4 is 10.6 Å². The van der Waals surface area contributed by atoms with Crippen molar-refractivity contribution >= 4 is 35.1 Å². The summed E-state index contributed by atoms with van der Waals surface area (Å²) in [6.45, 7) is 10.7. The Bertz CT molecular complexity index is 2540. The van der Waals surface area contributed by atoms with Gasteiger partial charge in [0.25, 0.3) is 0 Å². The molecule has 9 rings (SSSR count). The lowest BCUT2D eigenvalue weighted by Gasteiger charge is -2.40. The van der Waals surface area contributed by atoms with Crippen LogP contribution in [0.2, 0.25) is 0 Å². The number of oxazole rings is 1. The van der Waals surface area contributed by atoms with Crippen LogP contribution in [0.1, 0.15) is 83.8 Å². The zero-order valence-electron chi connectivity index (χ0n) is 36.3. The minimum Gasteiger partial charge on any atom is -0.453 e. The molecule has 62 heavy (non-hydrogen) atoms. The maximum absolute atomic E-state index is 14.1. The fourth-order valence-electron chi connectivity index (χ4n) is 10.7. The molecule has 5 heterocycles. The number of nitrogens with one attached hydrogen (secondary N) is 4. The Labute approximate surface area is 359 Å². The highest BCUT2D eigenvalue weighted by molar-refractivity contribution is 5.99. The number of aromatic amines is 2. The zero-order valence-corrected chi connectivity index (χ0v) is 36.3. The predicted octanol–water partition coefficient (Wildman–Crippen LogP) is 7.02. The zero-order chi connectivity index (χ0) is 43.7. The van der Waals surface area contributed by atoms with Gasteiger partial charge in [-0.15, -0.1) is 0 Å². The highest BCUT2D eigenvalue weighted by atomic mass is 16.5. The molecule has 16 nitrogen and oxygen atoms in total. The van der Waals surface area contributed by atoms with Gasteiger partial charge in [0.05, 0.1) is 38.0 Å². The van der Waals surface area contributed by atoms with Crippen LogP contribution in [-0.4, -0.2) is 98.1 Å². The van der Waals surface area contributed by atoms with Crippen LogP contribution in [0.3, 0.4) is 0 Å². The standard InChI is InChI=1S/C46H55N9O7/c1-24(2)35(52-43(58)60-6)39(56)54-22-27-14-16-45(54,18-27)41-47-20-33(50-41)30-10-8-29(9-11-30)31-12-13-32(38-37(31)49-26(5)62-38)34-21-48-42(51-34)46-17-15-28(19-46)23-55(46)40(57)36(25(3)4)53-44(59)61-7/h8-13,20-21,24-25,27-28,35-36H,14-19,22-23H2,1-7H3,(H,47,50)(H,48,51)(H,52,58)(H,53,59)/t27-,28-,35-,36-,45?,46+/m0/s1. The quantitative estimate of drug-likeness (QED) is 0.107. The van der Waals surface area contributed by atoms with Gasteiger partial charge in [0.1, 0.15) is 40.3 Å². The smallest absolute Gasteiger partial charge is 0.407 e. The summed E-state index contributed by atoms with van der Waals surface area (Å²) in [5.41, 5.74) is 5.43. The van der Waals surface area contributed by atoms with E-state index >= 15 is 0 Å². The van der Waals surface area contributed by atoms with Gasteiger partial charge in [-0.2, -0.15) is 0 Å². The van der Waals surface area contributed by atoms with E-state index in [-0.39, 0.29) is 23.7 Å². The fourth-order valence-corrected chi connectivity index (χ4v) is 10.7. The number of aromatic nitrogens is 5. The van der Waals surface area contributed by atoms with E-state index < -0.39 is 35.3 Å². The Morgan fingerprint density at radius 3 is 1.71 bits per heavy atom. The molecule has 2 aliphatic carbocycles. The predicted molar refractivity (Wildman–Crippen MR) is 229 cm³/mol. The number of nitrogens with zero attached hydrogens (tertiary/aromatic N) is 5. The lowest BCUT2D eigenvalue weighted by molar-refractivity contribution is -0.141. The number of benzene rings is 2. The largest absolute Gasteiger partial charge is 0.453 e. The van der Waals surface area contributed by atoms with Gasteiger partial charge in [-0.3, -0.25) is 9.59 Å². The van der Waals surface area contributed by atoms with Crippen LogP contribution in [0.15, 0.2) is 53.2 Å². The summed E-state index contributed by atoms with van der Waals surface area (Å²) in [4.78, 5) is 78.1. The summed E-state index contributed by atoms with van der Waals surface area (Å²) in [7, 11) is 2.60. The monoisotopic (exact) mass is 845 g/mol. The van der Waals surface area contributed by atoms with E-state index in [1.165, 1.54) is 14.2 Å².